The number of hydrogen-bond donors (Lipinski definition) is 1. The van der Waals surface area contributed by atoms with Crippen molar-refractivity contribution in [2.45, 2.75) is 26.7 Å². The van der Waals surface area contributed by atoms with E-state index in [1.165, 1.54) is 0 Å². The average Bonchev–Trinajstić information content (AvgIpc) is 2.06. The number of alkyl halides is 2. The second kappa shape index (κ2) is 2.31. The van der Waals surface area contributed by atoms with E-state index in [9.17, 15) is 8.78 Å². The van der Waals surface area contributed by atoms with Crippen LogP contribution >= 0.6 is 0 Å². The third kappa shape index (κ3) is 1.49. The van der Waals surface area contributed by atoms with Gasteiger partial charge in [-0.3, -0.25) is 0 Å². The van der Waals surface area contributed by atoms with Crippen molar-refractivity contribution in [2.75, 3.05) is 0 Å². The highest BCUT2D eigenvalue weighted by atomic mass is 19.3. The van der Waals surface area contributed by atoms with Crippen molar-refractivity contribution >= 4 is 0 Å². The standard InChI is InChI=1S/C9H13F2N/c1-6-9(10,11)5-7(12-6)8(2,3)4/h5,12H,1H2,2-4H3. The minimum absolute atomic E-state index is 0.229. The molecule has 0 aromatic heterocycles. The molecule has 1 rings (SSSR count). The second-order valence-corrected chi connectivity index (χ2v) is 4.03. The zero-order chi connectivity index (χ0) is 9.57. The van der Waals surface area contributed by atoms with E-state index in [0.29, 0.717) is 5.70 Å². The van der Waals surface area contributed by atoms with Crippen molar-refractivity contribution < 1.29 is 8.78 Å². The van der Waals surface area contributed by atoms with Crippen molar-refractivity contribution in [3.8, 4) is 0 Å². The van der Waals surface area contributed by atoms with E-state index in [1.807, 2.05) is 20.8 Å². The zero-order valence-electron chi connectivity index (χ0n) is 7.54. The van der Waals surface area contributed by atoms with Crippen LogP contribution in [-0.4, -0.2) is 5.92 Å². The minimum Gasteiger partial charge on any atom is -0.357 e. The fourth-order valence-electron chi connectivity index (χ4n) is 0.954. The van der Waals surface area contributed by atoms with Gasteiger partial charge in [-0.15, -0.1) is 0 Å². The Morgan fingerprint density at radius 2 is 1.92 bits per heavy atom. The molecule has 1 heterocycles. The van der Waals surface area contributed by atoms with Crippen molar-refractivity contribution in [3.63, 3.8) is 0 Å². The van der Waals surface area contributed by atoms with Crippen molar-refractivity contribution in [1.29, 1.82) is 0 Å². The van der Waals surface area contributed by atoms with Crippen LogP contribution in [0.25, 0.3) is 0 Å². The summed E-state index contributed by atoms with van der Waals surface area (Å²) in [5.41, 5.74) is 0.0352. The average molecular weight is 173 g/mol. The normalized spacial score (nSPS) is 22.1. The number of nitrogens with one attached hydrogen (secondary N) is 1. The van der Waals surface area contributed by atoms with Crippen LogP contribution < -0.4 is 5.32 Å². The summed E-state index contributed by atoms with van der Waals surface area (Å²) in [7, 11) is 0. The van der Waals surface area contributed by atoms with Crippen LogP contribution in [0.4, 0.5) is 8.78 Å². The van der Waals surface area contributed by atoms with Crippen LogP contribution in [0.1, 0.15) is 20.8 Å². The Kier molecular flexibility index (Phi) is 1.78. The first kappa shape index (κ1) is 9.23. The summed E-state index contributed by atoms with van der Waals surface area (Å²) >= 11 is 0. The van der Waals surface area contributed by atoms with E-state index in [1.54, 1.807) is 0 Å². The number of hydrogen-bond acceptors (Lipinski definition) is 1. The van der Waals surface area contributed by atoms with Gasteiger partial charge < -0.3 is 5.32 Å². The number of allylic oxidation sites excluding steroid dienone is 2. The van der Waals surface area contributed by atoms with E-state index in [-0.39, 0.29) is 11.1 Å². The molecular weight excluding hydrogens is 160 g/mol. The van der Waals surface area contributed by atoms with E-state index in [4.69, 9.17) is 0 Å². The highest BCUT2D eigenvalue weighted by molar-refractivity contribution is 5.33. The quantitative estimate of drug-likeness (QED) is 0.593. The van der Waals surface area contributed by atoms with Crippen molar-refractivity contribution in [1.82, 2.24) is 5.32 Å². The molecule has 0 radical (unpaired) electrons. The maximum absolute atomic E-state index is 12.9. The Morgan fingerprint density at radius 3 is 2.08 bits per heavy atom. The summed E-state index contributed by atoms with van der Waals surface area (Å²) < 4.78 is 25.8. The molecule has 0 spiro atoms. The first-order chi connectivity index (χ1) is 5.23. The zero-order valence-corrected chi connectivity index (χ0v) is 7.54. The number of halogens is 2. The third-order valence-electron chi connectivity index (χ3n) is 1.82. The predicted octanol–water partition coefficient (Wildman–Crippen LogP) is 2.67. The molecule has 0 bridgehead atoms. The van der Waals surface area contributed by atoms with E-state index >= 15 is 0 Å². The van der Waals surface area contributed by atoms with E-state index in [0.717, 1.165) is 6.08 Å². The SMILES string of the molecule is C=C1NC(C(C)(C)C)=CC1(F)F. The molecule has 0 fully saturated rings. The maximum Gasteiger partial charge on any atom is 0.307 e. The highest BCUT2D eigenvalue weighted by Gasteiger charge is 2.39. The summed E-state index contributed by atoms with van der Waals surface area (Å²) in [4.78, 5) is 0. The molecule has 0 atom stereocenters. The fraction of sp³-hybridized carbons (Fsp3) is 0.556. The summed E-state index contributed by atoms with van der Waals surface area (Å²) in [6.45, 7) is 8.88. The lowest BCUT2D eigenvalue weighted by Gasteiger charge is -2.20. The van der Waals surface area contributed by atoms with Crippen LogP contribution in [0.5, 0.6) is 0 Å². The Hall–Kier alpha value is -0.860. The van der Waals surface area contributed by atoms with E-state index in [2.05, 4.69) is 11.9 Å². The Bertz CT molecular complexity index is 246. The van der Waals surface area contributed by atoms with Crippen LogP contribution in [0.3, 0.4) is 0 Å². The summed E-state index contributed by atoms with van der Waals surface area (Å²) in [5, 5.41) is 2.60. The Morgan fingerprint density at radius 1 is 1.42 bits per heavy atom. The summed E-state index contributed by atoms with van der Waals surface area (Å²) in [6.07, 6.45) is 0.940. The molecule has 0 aromatic rings. The van der Waals surface area contributed by atoms with Crippen LogP contribution in [-0.2, 0) is 0 Å². The lowest BCUT2D eigenvalue weighted by atomic mass is 9.92. The van der Waals surface area contributed by atoms with Gasteiger partial charge in [-0.1, -0.05) is 27.4 Å². The minimum atomic E-state index is -2.89. The van der Waals surface area contributed by atoms with Gasteiger partial charge in [-0.05, 0) is 0 Å². The van der Waals surface area contributed by atoms with Crippen LogP contribution in [0, 0.1) is 5.41 Å². The topological polar surface area (TPSA) is 12.0 Å². The Labute approximate surface area is 71.2 Å². The second-order valence-electron chi connectivity index (χ2n) is 4.03. The molecule has 0 unspecified atom stereocenters. The molecule has 0 amide bonds. The van der Waals surface area contributed by atoms with Crippen molar-refractivity contribution in [3.05, 3.63) is 24.0 Å². The first-order valence-electron chi connectivity index (χ1n) is 3.81. The fourth-order valence-corrected chi connectivity index (χ4v) is 0.954. The monoisotopic (exact) mass is 173 g/mol. The smallest absolute Gasteiger partial charge is 0.307 e. The lowest BCUT2D eigenvalue weighted by Crippen LogP contribution is -2.21. The van der Waals surface area contributed by atoms with E-state index < -0.39 is 5.92 Å². The summed E-state index contributed by atoms with van der Waals surface area (Å²) in [5.74, 6) is -2.89. The van der Waals surface area contributed by atoms with Gasteiger partial charge in [0.25, 0.3) is 0 Å². The third-order valence-corrected chi connectivity index (χ3v) is 1.82. The summed E-state index contributed by atoms with van der Waals surface area (Å²) in [6, 6.07) is 0. The molecular formula is C9H13F2N. The molecule has 0 aromatic carbocycles. The molecule has 12 heavy (non-hydrogen) atoms. The maximum atomic E-state index is 12.9. The molecule has 1 aliphatic heterocycles. The van der Waals surface area contributed by atoms with Gasteiger partial charge in [-0.25, -0.2) is 0 Å². The molecule has 1 aliphatic rings. The van der Waals surface area contributed by atoms with Gasteiger partial charge in [0.2, 0.25) is 0 Å². The number of rotatable bonds is 0. The highest BCUT2D eigenvalue weighted by Crippen LogP contribution is 2.36. The molecule has 0 aliphatic carbocycles. The Balaban J connectivity index is 2.95. The first-order valence-corrected chi connectivity index (χ1v) is 3.81. The molecule has 1 nitrogen and oxygen atoms in total. The van der Waals surface area contributed by atoms with Crippen LogP contribution in [0.2, 0.25) is 0 Å². The van der Waals surface area contributed by atoms with Gasteiger partial charge in [0.1, 0.15) is 0 Å². The largest absolute Gasteiger partial charge is 0.357 e. The molecule has 3 heteroatoms. The van der Waals surface area contributed by atoms with Gasteiger partial charge >= 0.3 is 5.92 Å². The molecule has 0 saturated heterocycles. The molecule has 0 saturated carbocycles. The van der Waals surface area contributed by atoms with Gasteiger partial charge in [-0.2, -0.15) is 8.78 Å². The van der Waals surface area contributed by atoms with Gasteiger partial charge in [0.15, 0.2) is 0 Å². The molecule has 1 N–H and O–H groups in total. The van der Waals surface area contributed by atoms with Crippen LogP contribution in [0.15, 0.2) is 24.0 Å². The predicted molar refractivity (Wildman–Crippen MR) is 44.8 cm³/mol. The van der Waals surface area contributed by atoms with Crippen molar-refractivity contribution in [2.24, 2.45) is 5.41 Å². The molecule has 68 valence electrons. The lowest BCUT2D eigenvalue weighted by molar-refractivity contribution is 0.0994. The van der Waals surface area contributed by atoms with Gasteiger partial charge in [0.05, 0.1) is 5.70 Å². The van der Waals surface area contributed by atoms with Gasteiger partial charge in [0, 0.05) is 17.2 Å².